The number of nitrogens with zero attached hydrogens (tertiary/aromatic N) is 2. The molecule has 1 aliphatic rings. The third kappa shape index (κ3) is 4.51. The normalized spacial score (nSPS) is 13.8. The molecule has 0 atom stereocenters. The number of carbonyl (C=O) groups is 1. The number of nitrogens with two attached hydrogens (primary N) is 1. The van der Waals surface area contributed by atoms with E-state index in [4.69, 9.17) is 10.5 Å². The summed E-state index contributed by atoms with van der Waals surface area (Å²) in [4.78, 5) is 18.0. The van der Waals surface area contributed by atoms with Crippen molar-refractivity contribution >= 4 is 17.4 Å². The summed E-state index contributed by atoms with van der Waals surface area (Å²) in [6.07, 6.45) is 3.37. The molecule has 0 unspecified atom stereocenters. The van der Waals surface area contributed by atoms with Crippen LogP contribution >= 0.6 is 0 Å². The molecule has 116 valence electrons. The van der Waals surface area contributed by atoms with Gasteiger partial charge >= 0.3 is 0 Å². The molecule has 0 saturated heterocycles. The molecule has 6 nitrogen and oxygen atoms in total. The topological polar surface area (TPSA) is 80.5 Å². The van der Waals surface area contributed by atoms with Crippen molar-refractivity contribution in [3.63, 3.8) is 0 Å². The highest BCUT2D eigenvalue weighted by molar-refractivity contribution is 5.80. The summed E-state index contributed by atoms with van der Waals surface area (Å²) >= 11 is 0. The number of pyridine rings is 1. The van der Waals surface area contributed by atoms with Crippen molar-refractivity contribution in [2.24, 2.45) is 5.92 Å². The van der Waals surface area contributed by atoms with E-state index in [-0.39, 0.29) is 12.5 Å². The third-order valence-electron chi connectivity index (χ3n) is 3.46. The molecule has 0 spiro atoms. The average molecular weight is 292 g/mol. The zero-order chi connectivity index (χ0) is 15.2. The molecule has 0 aliphatic heterocycles. The zero-order valence-electron chi connectivity index (χ0n) is 12.8. The maximum Gasteiger partial charge on any atom is 0.239 e. The summed E-state index contributed by atoms with van der Waals surface area (Å²) in [6.45, 7) is 3.78. The van der Waals surface area contributed by atoms with Crippen molar-refractivity contribution in [1.82, 2.24) is 10.3 Å². The van der Waals surface area contributed by atoms with Crippen LogP contribution in [0.5, 0.6) is 5.88 Å². The molecule has 1 amide bonds. The average Bonchev–Trinajstić information content (AvgIpc) is 3.30. The predicted octanol–water partition coefficient (Wildman–Crippen LogP) is 1.41. The van der Waals surface area contributed by atoms with Crippen LogP contribution in [0.4, 0.5) is 11.5 Å². The van der Waals surface area contributed by atoms with E-state index < -0.39 is 0 Å². The lowest BCUT2D eigenvalue weighted by Gasteiger charge is -2.23. The number of carbonyl (C=O) groups excluding carboxylic acids is 1. The first kappa shape index (κ1) is 15.4. The second-order valence-electron chi connectivity index (χ2n) is 5.41. The number of nitrogen functional groups attached to an aromatic ring is 1. The number of ether oxygens (including phenoxy) is 1. The fraction of sp³-hybridized carbons (Fsp3) is 0.600. The van der Waals surface area contributed by atoms with Crippen molar-refractivity contribution in [2.45, 2.75) is 26.2 Å². The van der Waals surface area contributed by atoms with E-state index in [0.29, 0.717) is 24.1 Å². The lowest BCUT2D eigenvalue weighted by atomic mass is 10.3. The molecular formula is C15H24N4O2. The van der Waals surface area contributed by atoms with Crippen LogP contribution in [-0.4, -0.2) is 37.6 Å². The number of hydrogen-bond acceptors (Lipinski definition) is 5. The fourth-order valence-corrected chi connectivity index (χ4v) is 2.01. The van der Waals surface area contributed by atoms with E-state index in [9.17, 15) is 4.79 Å². The number of anilines is 2. The van der Waals surface area contributed by atoms with E-state index in [1.54, 1.807) is 13.1 Å². The molecule has 3 N–H and O–H groups in total. The van der Waals surface area contributed by atoms with Gasteiger partial charge in [-0.15, -0.1) is 0 Å². The van der Waals surface area contributed by atoms with E-state index in [1.807, 2.05) is 11.0 Å². The number of aromatic nitrogens is 1. The minimum atomic E-state index is -0.0393. The van der Waals surface area contributed by atoms with Gasteiger partial charge in [0.05, 0.1) is 18.8 Å². The molecule has 1 aromatic heterocycles. The lowest BCUT2D eigenvalue weighted by Crippen LogP contribution is -2.36. The first-order chi connectivity index (χ1) is 10.1. The standard InChI is InChI=1S/C15H24N4O2/c1-3-8-19(9-14(20)17-2)13-7-6-12(16)15(18-13)21-10-11-4-5-11/h6-7,11H,3-5,8-10,16H2,1-2H3,(H,17,20). The minimum absolute atomic E-state index is 0.0393. The monoisotopic (exact) mass is 292 g/mol. The summed E-state index contributed by atoms with van der Waals surface area (Å²) in [5.74, 6) is 1.80. The quantitative estimate of drug-likeness (QED) is 0.757. The van der Waals surface area contributed by atoms with Crippen LogP contribution in [0.1, 0.15) is 26.2 Å². The van der Waals surface area contributed by atoms with Gasteiger partial charge in [-0.2, -0.15) is 4.98 Å². The van der Waals surface area contributed by atoms with E-state index in [2.05, 4.69) is 17.2 Å². The number of likely N-dealkylation sites (N-methyl/N-ethyl adjacent to an activating group) is 1. The molecule has 6 heteroatoms. The summed E-state index contributed by atoms with van der Waals surface area (Å²) in [7, 11) is 1.63. The molecule has 1 aliphatic carbocycles. The molecule has 0 radical (unpaired) electrons. The van der Waals surface area contributed by atoms with Gasteiger partial charge in [-0.1, -0.05) is 6.92 Å². The summed E-state index contributed by atoms with van der Waals surface area (Å²) < 4.78 is 5.70. The Morgan fingerprint density at radius 1 is 1.52 bits per heavy atom. The van der Waals surface area contributed by atoms with Gasteiger partial charge < -0.3 is 20.7 Å². The first-order valence-corrected chi connectivity index (χ1v) is 7.48. The van der Waals surface area contributed by atoms with E-state index in [0.717, 1.165) is 18.8 Å². The van der Waals surface area contributed by atoms with Crippen molar-refractivity contribution in [3.8, 4) is 5.88 Å². The Bertz CT molecular complexity index is 489. The number of nitrogens with one attached hydrogen (secondary N) is 1. The molecule has 1 saturated carbocycles. The number of hydrogen-bond donors (Lipinski definition) is 2. The highest BCUT2D eigenvalue weighted by atomic mass is 16.5. The Morgan fingerprint density at radius 3 is 2.90 bits per heavy atom. The van der Waals surface area contributed by atoms with E-state index >= 15 is 0 Å². The van der Waals surface area contributed by atoms with Crippen LogP contribution in [0, 0.1) is 5.92 Å². The molecular weight excluding hydrogens is 268 g/mol. The first-order valence-electron chi connectivity index (χ1n) is 7.48. The largest absolute Gasteiger partial charge is 0.476 e. The molecule has 0 aromatic carbocycles. The maximum absolute atomic E-state index is 11.6. The van der Waals surface area contributed by atoms with Crippen LogP contribution in [-0.2, 0) is 4.79 Å². The highest BCUT2D eigenvalue weighted by Crippen LogP contribution is 2.31. The molecule has 2 rings (SSSR count). The van der Waals surface area contributed by atoms with Crippen molar-refractivity contribution in [3.05, 3.63) is 12.1 Å². The third-order valence-corrected chi connectivity index (χ3v) is 3.46. The Kier molecular flexibility index (Phi) is 5.25. The SMILES string of the molecule is CCCN(CC(=O)NC)c1ccc(N)c(OCC2CC2)n1. The van der Waals surface area contributed by atoms with Crippen LogP contribution in [0.2, 0.25) is 0 Å². The molecule has 1 fully saturated rings. The van der Waals surface area contributed by atoms with E-state index in [1.165, 1.54) is 12.8 Å². The Labute approximate surface area is 125 Å². The van der Waals surface area contributed by atoms with Crippen LogP contribution in [0.3, 0.4) is 0 Å². The van der Waals surface area contributed by atoms with Gasteiger partial charge in [0.15, 0.2) is 0 Å². The van der Waals surface area contributed by atoms with Gasteiger partial charge in [0, 0.05) is 13.6 Å². The second-order valence-corrected chi connectivity index (χ2v) is 5.41. The van der Waals surface area contributed by atoms with Gasteiger partial charge in [-0.3, -0.25) is 4.79 Å². The van der Waals surface area contributed by atoms with Crippen LogP contribution in [0.15, 0.2) is 12.1 Å². The minimum Gasteiger partial charge on any atom is -0.476 e. The molecule has 1 heterocycles. The molecule has 21 heavy (non-hydrogen) atoms. The van der Waals surface area contributed by atoms with Crippen LogP contribution < -0.4 is 20.7 Å². The summed E-state index contributed by atoms with van der Waals surface area (Å²) in [5.41, 5.74) is 6.45. The smallest absolute Gasteiger partial charge is 0.239 e. The predicted molar refractivity (Wildman–Crippen MR) is 83.4 cm³/mol. The van der Waals surface area contributed by atoms with Gasteiger partial charge in [-0.05, 0) is 37.3 Å². The second kappa shape index (κ2) is 7.15. The maximum atomic E-state index is 11.6. The Hall–Kier alpha value is -1.98. The Balaban J connectivity index is 2.10. The number of rotatable bonds is 8. The molecule has 1 aromatic rings. The van der Waals surface area contributed by atoms with Crippen molar-refractivity contribution < 1.29 is 9.53 Å². The van der Waals surface area contributed by atoms with Crippen molar-refractivity contribution in [2.75, 3.05) is 37.4 Å². The van der Waals surface area contributed by atoms with Crippen LogP contribution in [0.25, 0.3) is 0 Å². The van der Waals surface area contributed by atoms with Crippen molar-refractivity contribution in [1.29, 1.82) is 0 Å². The summed E-state index contributed by atoms with van der Waals surface area (Å²) in [5, 5.41) is 2.63. The Morgan fingerprint density at radius 2 is 2.29 bits per heavy atom. The van der Waals surface area contributed by atoms with Gasteiger partial charge in [0.25, 0.3) is 0 Å². The molecule has 0 bridgehead atoms. The van der Waals surface area contributed by atoms with Gasteiger partial charge in [0.2, 0.25) is 11.8 Å². The zero-order valence-corrected chi connectivity index (χ0v) is 12.8. The lowest BCUT2D eigenvalue weighted by molar-refractivity contribution is -0.119. The summed E-state index contributed by atoms with van der Waals surface area (Å²) in [6, 6.07) is 3.62. The fourth-order valence-electron chi connectivity index (χ4n) is 2.01. The van der Waals surface area contributed by atoms with Gasteiger partial charge in [-0.25, -0.2) is 0 Å². The van der Waals surface area contributed by atoms with Gasteiger partial charge in [0.1, 0.15) is 5.82 Å². The highest BCUT2D eigenvalue weighted by Gasteiger charge is 2.23. The number of amides is 1.